The van der Waals surface area contributed by atoms with Gasteiger partial charge in [0.15, 0.2) is 0 Å². The van der Waals surface area contributed by atoms with E-state index in [0.717, 1.165) is 25.2 Å². The first-order valence-electron chi connectivity index (χ1n) is 6.12. The summed E-state index contributed by atoms with van der Waals surface area (Å²) in [4.78, 5) is 29.7. The van der Waals surface area contributed by atoms with E-state index >= 15 is 0 Å². The Hall–Kier alpha value is -2.25. The number of carbonyl (C=O) groups is 2. The average molecular weight is 279 g/mol. The molecule has 1 aliphatic rings. The molecule has 1 fully saturated rings. The number of rotatable bonds is 3. The SMILES string of the molecule is O=C(O)/C=C/C(=O)ON1CCNCC1.c1ccncc1. The molecular weight excluding hydrogens is 262 g/mol. The van der Waals surface area contributed by atoms with Crippen LogP contribution >= 0.6 is 0 Å². The minimum absolute atomic E-state index is 0.618. The Bertz CT molecular complexity index is 404. The summed E-state index contributed by atoms with van der Waals surface area (Å²) in [7, 11) is 0. The van der Waals surface area contributed by atoms with E-state index in [4.69, 9.17) is 9.94 Å². The van der Waals surface area contributed by atoms with Crippen molar-refractivity contribution in [3.05, 3.63) is 42.7 Å². The zero-order chi connectivity index (χ0) is 14.6. The van der Waals surface area contributed by atoms with Crippen LogP contribution < -0.4 is 5.32 Å². The number of hydroxylamine groups is 2. The van der Waals surface area contributed by atoms with Crippen molar-refractivity contribution in [2.75, 3.05) is 26.2 Å². The van der Waals surface area contributed by atoms with Crippen LogP contribution in [0.3, 0.4) is 0 Å². The van der Waals surface area contributed by atoms with Crippen LogP contribution in [-0.4, -0.2) is 53.3 Å². The maximum absolute atomic E-state index is 11.0. The monoisotopic (exact) mass is 279 g/mol. The lowest BCUT2D eigenvalue weighted by Crippen LogP contribution is -2.44. The molecule has 1 aromatic heterocycles. The molecule has 2 heterocycles. The van der Waals surface area contributed by atoms with Crippen LogP contribution in [-0.2, 0) is 14.4 Å². The molecule has 108 valence electrons. The molecule has 2 N–H and O–H groups in total. The summed E-state index contributed by atoms with van der Waals surface area (Å²) in [5.74, 6) is -1.82. The van der Waals surface area contributed by atoms with Gasteiger partial charge in [-0.25, -0.2) is 9.59 Å². The van der Waals surface area contributed by atoms with E-state index in [1.165, 1.54) is 5.06 Å². The van der Waals surface area contributed by atoms with Crippen LogP contribution in [0.15, 0.2) is 42.7 Å². The Kier molecular flexibility index (Phi) is 7.63. The lowest BCUT2D eigenvalue weighted by Gasteiger charge is -2.24. The topological polar surface area (TPSA) is 91.8 Å². The van der Waals surface area contributed by atoms with Crippen LogP contribution in [0.2, 0.25) is 0 Å². The van der Waals surface area contributed by atoms with E-state index in [-0.39, 0.29) is 0 Å². The first kappa shape index (κ1) is 15.8. The van der Waals surface area contributed by atoms with Crippen molar-refractivity contribution in [1.29, 1.82) is 0 Å². The Morgan fingerprint density at radius 3 is 2.25 bits per heavy atom. The normalized spacial score (nSPS) is 15.2. The number of carbonyl (C=O) groups excluding carboxylic acids is 1. The molecule has 1 aromatic rings. The Morgan fingerprint density at radius 1 is 1.15 bits per heavy atom. The van der Waals surface area contributed by atoms with Crippen molar-refractivity contribution in [2.24, 2.45) is 0 Å². The molecule has 0 amide bonds. The fourth-order valence-electron chi connectivity index (χ4n) is 1.35. The highest BCUT2D eigenvalue weighted by molar-refractivity contribution is 5.90. The average Bonchev–Trinajstić information content (AvgIpc) is 2.49. The maximum Gasteiger partial charge on any atom is 0.349 e. The van der Waals surface area contributed by atoms with Gasteiger partial charge < -0.3 is 15.3 Å². The molecule has 7 nitrogen and oxygen atoms in total. The Balaban J connectivity index is 0.000000276. The van der Waals surface area contributed by atoms with Gasteiger partial charge in [0.2, 0.25) is 0 Å². The smallest absolute Gasteiger partial charge is 0.349 e. The van der Waals surface area contributed by atoms with Gasteiger partial charge in [0, 0.05) is 50.7 Å². The van der Waals surface area contributed by atoms with Gasteiger partial charge in [-0.1, -0.05) is 6.07 Å². The largest absolute Gasteiger partial charge is 0.478 e. The standard InChI is InChI=1S/C8H12N2O4.C5H5N/c11-7(12)1-2-8(13)14-10-5-3-9-4-6-10;1-2-4-6-5-3-1/h1-2,9H,3-6H2,(H,11,12);1-5H/b2-1+;. The predicted molar refractivity (Wildman–Crippen MR) is 71.5 cm³/mol. The Morgan fingerprint density at radius 2 is 1.80 bits per heavy atom. The molecule has 0 bridgehead atoms. The summed E-state index contributed by atoms with van der Waals surface area (Å²) >= 11 is 0. The van der Waals surface area contributed by atoms with Gasteiger partial charge in [0.25, 0.3) is 0 Å². The van der Waals surface area contributed by atoms with Crippen molar-refractivity contribution < 1.29 is 19.5 Å². The second-order valence-corrected chi connectivity index (χ2v) is 3.79. The van der Waals surface area contributed by atoms with Gasteiger partial charge in [0.1, 0.15) is 0 Å². The Labute approximate surface area is 116 Å². The molecule has 0 aliphatic carbocycles. The molecule has 7 heteroatoms. The number of aliphatic carboxylic acids is 1. The second kappa shape index (κ2) is 9.65. The molecule has 1 saturated heterocycles. The fourth-order valence-corrected chi connectivity index (χ4v) is 1.35. The highest BCUT2D eigenvalue weighted by Gasteiger charge is 2.12. The van der Waals surface area contributed by atoms with Crippen LogP contribution in [0.5, 0.6) is 0 Å². The van der Waals surface area contributed by atoms with Crippen LogP contribution in [0, 0.1) is 0 Å². The van der Waals surface area contributed by atoms with Crippen molar-refractivity contribution in [1.82, 2.24) is 15.4 Å². The number of hydrogen-bond donors (Lipinski definition) is 2. The summed E-state index contributed by atoms with van der Waals surface area (Å²) < 4.78 is 0. The van der Waals surface area contributed by atoms with Gasteiger partial charge >= 0.3 is 11.9 Å². The quantitative estimate of drug-likeness (QED) is 0.756. The number of aromatic nitrogens is 1. The van der Waals surface area contributed by atoms with Crippen LogP contribution in [0.1, 0.15) is 0 Å². The lowest BCUT2D eigenvalue weighted by molar-refractivity contribution is -0.186. The summed E-state index contributed by atoms with van der Waals surface area (Å²) in [6.45, 7) is 2.76. The molecule has 0 saturated carbocycles. The highest BCUT2D eigenvalue weighted by atomic mass is 16.7. The van der Waals surface area contributed by atoms with Crippen LogP contribution in [0.25, 0.3) is 0 Å². The molecule has 1 aliphatic heterocycles. The molecule has 2 rings (SSSR count). The van der Waals surface area contributed by atoms with E-state index in [0.29, 0.717) is 13.1 Å². The minimum Gasteiger partial charge on any atom is -0.478 e. The number of piperazine rings is 1. The van der Waals surface area contributed by atoms with Crippen molar-refractivity contribution in [3.63, 3.8) is 0 Å². The second-order valence-electron chi connectivity index (χ2n) is 3.79. The van der Waals surface area contributed by atoms with E-state index in [1.54, 1.807) is 12.4 Å². The number of pyridine rings is 1. The third-order valence-corrected chi connectivity index (χ3v) is 2.22. The van der Waals surface area contributed by atoms with E-state index in [1.807, 2.05) is 18.2 Å². The first-order chi connectivity index (χ1) is 9.68. The highest BCUT2D eigenvalue weighted by Crippen LogP contribution is 1.94. The third kappa shape index (κ3) is 7.96. The predicted octanol–water partition coefficient (Wildman–Crippen LogP) is 0.0722. The lowest BCUT2D eigenvalue weighted by atomic mass is 10.4. The number of nitrogens with one attached hydrogen (secondary N) is 1. The molecule has 0 spiro atoms. The number of hydrogen-bond acceptors (Lipinski definition) is 6. The molecule has 0 radical (unpaired) electrons. The molecule has 0 aromatic carbocycles. The third-order valence-electron chi connectivity index (χ3n) is 2.22. The van der Waals surface area contributed by atoms with Gasteiger partial charge in [-0.3, -0.25) is 4.98 Å². The summed E-state index contributed by atoms with van der Waals surface area (Å²) in [6.07, 6.45) is 5.15. The van der Waals surface area contributed by atoms with Gasteiger partial charge in [-0.05, 0) is 12.1 Å². The minimum atomic E-state index is -1.16. The zero-order valence-electron chi connectivity index (χ0n) is 10.9. The van der Waals surface area contributed by atoms with E-state index < -0.39 is 11.9 Å². The number of carboxylic acid groups (broad SMARTS) is 1. The molecular formula is C13H17N3O4. The van der Waals surface area contributed by atoms with E-state index in [9.17, 15) is 9.59 Å². The number of carboxylic acids is 1. The molecule has 0 unspecified atom stereocenters. The number of nitrogens with zero attached hydrogens (tertiary/aromatic N) is 2. The summed E-state index contributed by atoms with van der Waals surface area (Å²) in [5.41, 5.74) is 0. The van der Waals surface area contributed by atoms with Crippen LogP contribution in [0.4, 0.5) is 0 Å². The maximum atomic E-state index is 11.0. The fraction of sp³-hybridized carbons (Fsp3) is 0.308. The molecule has 0 atom stereocenters. The van der Waals surface area contributed by atoms with Gasteiger partial charge in [-0.15, -0.1) is 5.06 Å². The van der Waals surface area contributed by atoms with E-state index in [2.05, 4.69) is 10.3 Å². The van der Waals surface area contributed by atoms with Gasteiger partial charge in [-0.2, -0.15) is 0 Å². The van der Waals surface area contributed by atoms with Crippen molar-refractivity contribution in [3.8, 4) is 0 Å². The molecule has 20 heavy (non-hydrogen) atoms. The van der Waals surface area contributed by atoms with Crippen molar-refractivity contribution >= 4 is 11.9 Å². The summed E-state index contributed by atoms with van der Waals surface area (Å²) in [5, 5.41) is 12.8. The van der Waals surface area contributed by atoms with Crippen molar-refractivity contribution in [2.45, 2.75) is 0 Å². The van der Waals surface area contributed by atoms with Gasteiger partial charge in [0.05, 0.1) is 0 Å². The first-order valence-corrected chi connectivity index (χ1v) is 6.12. The summed E-state index contributed by atoms with van der Waals surface area (Å²) in [6, 6.07) is 5.72. The zero-order valence-corrected chi connectivity index (χ0v) is 10.9.